The van der Waals surface area contributed by atoms with E-state index in [1.54, 1.807) is 4.90 Å². The van der Waals surface area contributed by atoms with Crippen molar-refractivity contribution in [3.63, 3.8) is 0 Å². The van der Waals surface area contributed by atoms with Gasteiger partial charge < -0.3 is 14.9 Å². The van der Waals surface area contributed by atoms with E-state index in [9.17, 15) is 19.5 Å². The van der Waals surface area contributed by atoms with Crippen molar-refractivity contribution in [2.24, 2.45) is 11.3 Å². The summed E-state index contributed by atoms with van der Waals surface area (Å²) < 4.78 is 0. The number of hydrogen-bond acceptors (Lipinski definition) is 4. The van der Waals surface area contributed by atoms with E-state index in [1.165, 1.54) is 4.90 Å². The molecule has 0 aromatic heterocycles. The first-order chi connectivity index (χ1) is 19.3. The number of carbonyl (C=O) groups is 3. The van der Waals surface area contributed by atoms with Crippen molar-refractivity contribution in [3.05, 3.63) is 108 Å². The molecule has 1 spiro atoms. The van der Waals surface area contributed by atoms with Crippen molar-refractivity contribution >= 4 is 17.8 Å². The van der Waals surface area contributed by atoms with Crippen LogP contribution in [0, 0.1) is 11.3 Å². The Bertz CT molecular complexity index is 1310. The van der Waals surface area contributed by atoms with Gasteiger partial charge in [0.1, 0.15) is 12.1 Å². The van der Waals surface area contributed by atoms with E-state index >= 15 is 0 Å². The first kappa shape index (κ1) is 26.3. The molecule has 7 nitrogen and oxygen atoms in total. The van der Waals surface area contributed by atoms with E-state index in [0.717, 1.165) is 16.7 Å². The standard InChI is InChI=1S/C33H35N3O4/c1-23(2)28(30(38)39)35-19-18-32(31(35)40)21-34(22-32)29(37)27-20-36(27)33(24-12-6-3-7-13-24,25-14-8-4-9-15-25)26-16-10-5-11-17-26/h3-17,23,27-28H,18-22H2,1-2H3,(H,38,39)/t27?,28-,36?/m0/s1. The first-order valence-electron chi connectivity index (χ1n) is 14.1. The van der Waals surface area contributed by atoms with Gasteiger partial charge in [-0.1, -0.05) is 105 Å². The van der Waals surface area contributed by atoms with Gasteiger partial charge >= 0.3 is 5.97 Å². The van der Waals surface area contributed by atoms with Crippen molar-refractivity contribution < 1.29 is 19.5 Å². The summed E-state index contributed by atoms with van der Waals surface area (Å²) in [5.41, 5.74) is 1.99. The predicted octanol–water partition coefficient (Wildman–Crippen LogP) is 3.83. The maximum atomic E-state index is 13.9. The summed E-state index contributed by atoms with van der Waals surface area (Å²) in [6, 6.07) is 29.8. The predicted molar refractivity (Wildman–Crippen MR) is 151 cm³/mol. The maximum absolute atomic E-state index is 13.9. The van der Waals surface area contributed by atoms with Crippen LogP contribution in [0.15, 0.2) is 91.0 Å². The lowest BCUT2D eigenvalue weighted by molar-refractivity contribution is -0.160. The van der Waals surface area contributed by atoms with Gasteiger partial charge in [0.25, 0.3) is 0 Å². The normalized spacial score (nSPS) is 22.3. The zero-order chi connectivity index (χ0) is 28.1. The first-order valence-corrected chi connectivity index (χ1v) is 14.1. The Balaban J connectivity index is 1.27. The molecule has 2 amide bonds. The number of carboxylic acids is 1. The van der Waals surface area contributed by atoms with Crippen molar-refractivity contribution in [1.82, 2.24) is 14.7 Å². The van der Waals surface area contributed by atoms with E-state index in [-0.39, 0.29) is 23.8 Å². The fraction of sp³-hybridized carbons (Fsp3) is 0.364. The molecule has 3 saturated heterocycles. The summed E-state index contributed by atoms with van der Waals surface area (Å²) in [5.74, 6) is -1.25. The third kappa shape index (κ3) is 4.03. The lowest BCUT2D eigenvalue weighted by Gasteiger charge is -2.47. The molecule has 0 bridgehead atoms. The average Bonchev–Trinajstić information content (AvgIpc) is 3.67. The summed E-state index contributed by atoms with van der Waals surface area (Å²) in [6.45, 7) is 5.39. The molecule has 3 aromatic rings. The van der Waals surface area contributed by atoms with Crippen LogP contribution in [0.5, 0.6) is 0 Å². The molecule has 3 atom stereocenters. The highest BCUT2D eigenvalue weighted by molar-refractivity contribution is 5.94. The highest BCUT2D eigenvalue weighted by Crippen LogP contribution is 2.50. The molecule has 1 N–H and O–H groups in total. The highest BCUT2D eigenvalue weighted by atomic mass is 16.4. The summed E-state index contributed by atoms with van der Waals surface area (Å²) in [7, 11) is 0. The second-order valence-corrected chi connectivity index (χ2v) is 11.7. The summed E-state index contributed by atoms with van der Waals surface area (Å²) in [6.07, 6.45) is 0.586. The molecule has 3 aliphatic rings. The third-order valence-corrected chi connectivity index (χ3v) is 8.97. The van der Waals surface area contributed by atoms with Crippen LogP contribution in [-0.4, -0.2) is 75.9 Å². The van der Waals surface area contributed by atoms with E-state index in [4.69, 9.17) is 0 Å². The van der Waals surface area contributed by atoms with Crippen molar-refractivity contribution in [1.29, 1.82) is 0 Å². The number of carbonyl (C=O) groups excluding carboxylic acids is 2. The molecule has 3 aromatic carbocycles. The minimum atomic E-state index is -0.972. The van der Waals surface area contributed by atoms with Gasteiger partial charge in [0.2, 0.25) is 11.8 Å². The molecular formula is C33H35N3O4. The van der Waals surface area contributed by atoms with E-state index in [2.05, 4.69) is 41.3 Å². The monoisotopic (exact) mass is 537 g/mol. The number of aliphatic carboxylic acids is 1. The lowest BCUT2D eigenvalue weighted by Crippen LogP contribution is -2.63. The minimum absolute atomic E-state index is 0.0303. The Morgan fingerprint density at radius 2 is 1.32 bits per heavy atom. The molecule has 0 saturated carbocycles. The lowest BCUT2D eigenvalue weighted by atomic mass is 9.76. The molecule has 206 valence electrons. The van der Waals surface area contributed by atoms with Gasteiger partial charge in [-0.05, 0) is 29.0 Å². The highest BCUT2D eigenvalue weighted by Gasteiger charge is 2.62. The van der Waals surface area contributed by atoms with Gasteiger partial charge in [-0.15, -0.1) is 0 Å². The fourth-order valence-corrected chi connectivity index (χ4v) is 6.99. The molecule has 3 fully saturated rings. The van der Waals surface area contributed by atoms with Crippen LogP contribution in [0.2, 0.25) is 0 Å². The van der Waals surface area contributed by atoms with Crippen molar-refractivity contribution in [3.8, 4) is 0 Å². The Kier molecular flexibility index (Phi) is 6.50. The smallest absolute Gasteiger partial charge is 0.326 e. The van der Waals surface area contributed by atoms with Crippen molar-refractivity contribution in [2.45, 2.75) is 37.9 Å². The van der Waals surface area contributed by atoms with Crippen LogP contribution in [-0.2, 0) is 19.9 Å². The zero-order valence-electron chi connectivity index (χ0n) is 22.9. The number of rotatable bonds is 8. The fourth-order valence-electron chi connectivity index (χ4n) is 6.99. The molecule has 3 heterocycles. The van der Waals surface area contributed by atoms with Crippen LogP contribution in [0.1, 0.15) is 37.0 Å². The SMILES string of the molecule is CC(C)[C@@H](C(=O)O)N1CCC2(CN(C(=O)C3CN3C(c3ccccc3)(c3ccccc3)c3ccccc3)C2)C1=O. The van der Waals surface area contributed by atoms with E-state index < -0.39 is 23.0 Å². The molecule has 2 unspecified atom stereocenters. The van der Waals surface area contributed by atoms with Crippen LogP contribution in [0.4, 0.5) is 0 Å². The van der Waals surface area contributed by atoms with E-state index in [1.807, 2.05) is 68.4 Å². The Morgan fingerprint density at radius 3 is 1.75 bits per heavy atom. The van der Waals surface area contributed by atoms with Gasteiger partial charge in [-0.25, -0.2) is 4.79 Å². The summed E-state index contributed by atoms with van der Waals surface area (Å²) >= 11 is 0. The Hall–Kier alpha value is -3.97. The molecular weight excluding hydrogens is 502 g/mol. The van der Waals surface area contributed by atoms with Crippen LogP contribution in [0.25, 0.3) is 0 Å². The number of likely N-dealkylation sites (tertiary alicyclic amines) is 2. The van der Waals surface area contributed by atoms with Crippen LogP contribution < -0.4 is 0 Å². The van der Waals surface area contributed by atoms with Gasteiger partial charge in [0.05, 0.1) is 11.0 Å². The number of amides is 2. The summed E-state index contributed by atoms with van der Waals surface area (Å²) in [5, 5.41) is 9.73. The molecule has 0 aliphatic carbocycles. The van der Waals surface area contributed by atoms with Gasteiger partial charge in [0.15, 0.2) is 0 Å². The largest absolute Gasteiger partial charge is 0.480 e. The Morgan fingerprint density at radius 1 is 0.850 bits per heavy atom. The summed E-state index contributed by atoms with van der Waals surface area (Å²) in [4.78, 5) is 44.7. The number of benzene rings is 3. The average molecular weight is 538 g/mol. The Labute approximate surface area is 235 Å². The van der Waals surface area contributed by atoms with Gasteiger partial charge in [-0.2, -0.15) is 0 Å². The second kappa shape index (κ2) is 9.89. The van der Waals surface area contributed by atoms with Gasteiger partial charge in [-0.3, -0.25) is 14.5 Å². The molecule has 7 heteroatoms. The van der Waals surface area contributed by atoms with Gasteiger partial charge in [0, 0.05) is 26.2 Å². The molecule has 40 heavy (non-hydrogen) atoms. The topological polar surface area (TPSA) is 80.9 Å². The minimum Gasteiger partial charge on any atom is -0.480 e. The quantitative estimate of drug-likeness (QED) is 0.349. The zero-order valence-corrected chi connectivity index (χ0v) is 22.9. The molecule has 0 radical (unpaired) electrons. The van der Waals surface area contributed by atoms with E-state index in [0.29, 0.717) is 32.6 Å². The maximum Gasteiger partial charge on any atom is 0.326 e. The second-order valence-electron chi connectivity index (χ2n) is 11.7. The number of nitrogens with zero attached hydrogens (tertiary/aromatic N) is 3. The number of carboxylic acid groups (broad SMARTS) is 1. The van der Waals surface area contributed by atoms with Crippen LogP contribution in [0.3, 0.4) is 0 Å². The molecule has 6 rings (SSSR count). The van der Waals surface area contributed by atoms with Crippen LogP contribution >= 0.6 is 0 Å². The third-order valence-electron chi connectivity index (χ3n) is 8.97. The number of hydrogen-bond donors (Lipinski definition) is 1. The molecule has 3 aliphatic heterocycles. The van der Waals surface area contributed by atoms with Crippen molar-refractivity contribution in [2.75, 3.05) is 26.2 Å².